The Morgan fingerprint density at radius 1 is 0.611 bits per heavy atom. The molecule has 0 amide bonds. The first kappa shape index (κ1) is 22.1. The standard InChI is InChI=1S/C32H25NO2Si/c1-35-32(34)24-18-16-23(17-19-24)25-20-21-29-31(22-25)36(26-10-4-2-5-11-26,27-12-6-3-7-13-27)30-15-9-8-14-28(30)33-29/h2-22,33H,1H3. The van der Waals surface area contributed by atoms with Crippen LogP contribution in [0.1, 0.15) is 10.4 Å². The second kappa shape index (κ2) is 8.99. The van der Waals surface area contributed by atoms with Gasteiger partial charge in [-0.1, -0.05) is 103 Å². The molecule has 174 valence electrons. The lowest BCUT2D eigenvalue weighted by Gasteiger charge is -2.40. The predicted molar refractivity (Wildman–Crippen MR) is 150 cm³/mol. The molecule has 0 atom stereocenters. The normalized spacial score (nSPS) is 13.1. The molecular weight excluding hydrogens is 458 g/mol. The van der Waals surface area contributed by atoms with Gasteiger partial charge in [0, 0.05) is 11.4 Å². The fraction of sp³-hybridized carbons (Fsp3) is 0.0312. The van der Waals surface area contributed by atoms with E-state index in [2.05, 4.69) is 108 Å². The van der Waals surface area contributed by atoms with Crippen LogP contribution >= 0.6 is 0 Å². The van der Waals surface area contributed by atoms with E-state index >= 15 is 0 Å². The van der Waals surface area contributed by atoms with Crippen molar-refractivity contribution in [2.75, 3.05) is 12.4 Å². The van der Waals surface area contributed by atoms with E-state index in [1.165, 1.54) is 33.5 Å². The number of rotatable bonds is 4. The first-order valence-electron chi connectivity index (χ1n) is 12.0. The lowest BCUT2D eigenvalue weighted by atomic mass is 10.0. The number of hydrogen-bond acceptors (Lipinski definition) is 3. The minimum atomic E-state index is -2.61. The molecule has 1 aliphatic heterocycles. The first-order valence-corrected chi connectivity index (χ1v) is 14.0. The van der Waals surface area contributed by atoms with Crippen molar-refractivity contribution in [1.82, 2.24) is 0 Å². The van der Waals surface area contributed by atoms with Gasteiger partial charge in [0.05, 0.1) is 12.7 Å². The van der Waals surface area contributed by atoms with Crippen LogP contribution in [0.2, 0.25) is 0 Å². The second-order valence-corrected chi connectivity index (χ2v) is 12.7. The Kier molecular flexibility index (Phi) is 5.51. The molecule has 0 radical (unpaired) electrons. The number of fused-ring (bicyclic) bond motifs is 2. The Labute approximate surface area is 212 Å². The summed E-state index contributed by atoms with van der Waals surface area (Å²) in [5, 5.41) is 9.10. The number of benzene rings is 5. The minimum absolute atomic E-state index is 0.327. The number of ether oxygens (including phenoxy) is 1. The molecule has 0 saturated carbocycles. The van der Waals surface area contributed by atoms with Crippen molar-refractivity contribution in [2.45, 2.75) is 0 Å². The van der Waals surface area contributed by atoms with Crippen molar-refractivity contribution in [3.05, 3.63) is 133 Å². The van der Waals surface area contributed by atoms with E-state index in [9.17, 15) is 4.79 Å². The highest BCUT2D eigenvalue weighted by molar-refractivity contribution is 7.21. The van der Waals surface area contributed by atoms with Crippen molar-refractivity contribution in [3.8, 4) is 11.1 Å². The van der Waals surface area contributed by atoms with Crippen LogP contribution in [0.15, 0.2) is 127 Å². The number of para-hydroxylation sites is 1. The van der Waals surface area contributed by atoms with E-state index in [-0.39, 0.29) is 5.97 Å². The fourth-order valence-corrected chi connectivity index (χ4v) is 10.5. The van der Waals surface area contributed by atoms with E-state index < -0.39 is 8.07 Å². The molecule has 1 heterocycles. The van der Waals surface area contributed by atoms with Crippen LogP contribution in [0.5, 0.6) is 0 Å². The summed E-state index contributed by atoms with van der Waals surface area (Å²) < 4.78 is 4.87. The van der Waals surface area contributed by atoms with Crippen LogP contribution in [0, 0.1) is 0 Å². The lowest BCUT2D eigenvalue weighted by Crippen LogP contribution is -2.76. The Morgan fingerprint density at radius 3 is 1.81 bits per heavy atom. The number of methoxy groups -OCH3 is 1. The fourth-order valence-electron chi connectivity index (χ4n) is 5.43. The van der Waals surface area contributed by atoms with Gasteiger partial charge in [-0.15, -0.1) is 0 Å². The van der Waals surface area contributed by atoms with Gasteiger partial charge in [-0.05, 0) is 56.1 Å². The van der Waals surface area contributed by atoms with E-state index in [0.29, 0.717) is 5.56 Å². The predicted octanol–water partition coefficient (Wildman–Crippen LogP) is 4.57. The molecule has 5 aromatic rings. The molecule has 4 heteroatoms. The SMILES string of the molecule is COC(=O)c1ccc(-c2ccc3c(c2)[Si](c2ccccc2)(c2ccccc2)c2ccccc2N3)cc1. The highest BCUT2D eigenvalue weighted by atomic mass is 28.3. The van der Waals surface area contributed by atoms with Crippen molar-refractivity contribution < 1.29 is 9.53 Å². The average Bonchev–Trinajstić information content (AvgIpc) is 2.96. The van der Waals surface area contributed by atoms with Crippen LogP contribution in [-0.2, 0) is 4.74 Å². The van der Waals surface area contributed by atoms with Crippen molar-refractivity contribution in [2.24, 2.45) is 0 Å². The summed E-state index contributed by atoms with van der Waals surface area (Å²) in [5.41, 5.74) is 5.04. The summed E-state index contributed by atoms with van der Waals surface area (Å²) in [6.07, 6.45) is 0. The summed E-state index contributed by atoms with van der Waals surface area (Å²) in [7, 11) is -1.21. The molecule has 1 aliphatic rings. The molecular formula is C32H25NO2Si. The summed E-state index contributed by atoms with van der Waals surface area (Å²) >= 11 is 0. The van der Waals surface area contributed by atoms with Crippen molar-refractivity contribution >= 4 is 46.2 Å². The van der Waals surface area contributed by atoms with E-state index in [4.69, 9.17) is 4.74 Å². The molecule has 36 heavy (non-hydrogen) atoms. The smallest absolute Gasteiger partial charge is 0.337 e. The minimum Gasteiger partial charge on any atom is -0.465 e. The quantitative estimate of drug-likeness (QED) is 0.295. The zero-order valence-electron chi connectivity index (χ0n) is 19.9. The molecule has 0 spiro atoms. The summed E-state index contributed by atoms with van der Waals surface area (Å²) in [6.45, 7) is 0. The third kappa shape index (κ3) is 3.46. The zero-order chi connectivity index (χ0) is 24.5. The van der Waals surface area contributed by atoms with Gasteiger partial charge in [0.1, 0.15) is 0 Å². The highest BCUT2D eigenvalue weighted by Crippen LogP contribution is 2.29. The van der Waals surface area contributed by atoms with Crippen LogP contribution in [0.4, 0.5) is 11.4 Å². The van der Waals surface area contributed by atoms with Gasteiger partial charge in [0.25, 0.3) is 0 Å². The van der Waals surface area contributed by atoms with Gasteiger partial charge < -0.3 is 10.1 Å². The topological polar surface area (TPSA) is 38.3 Å². The third-order valence-corrected chi connectivity index (χ3v) is 11.9. The molecule has 6 rings (SSSR count). The molecule has 3 nitrogen and oxygen atoms in total. The van der Waals surface area contributed by atoms with Gasteiger partial charge in [-0.25, -0.2) is 4.79 Å². The number of nitrogens with one attached hydrogen (secondary N) is 1. The maximum absolute atomic E-state index is 11.9. The maximum atomic E-state index is 11.9. The van der Waals surface area contributed by atoms with E-state index in [0.717, 1.165) is 16.8 Å². The Hall–Kier alpha value is -4.41. The average molecular weight is 484 g/mol. The Morgan fingerprint density at radius 2 is 1.17 bits per heavy atom. The van der Waals surface area contributed by atoms with E-state index in [1.54, 1.807) is 0 Å². The molecule has 0 unspecified atom stereocenters. The van der Waals surface area contributed by atoms with Crippen LogP contribution in [-0.4, -0.2) is 21.2 Å². The van der Waals surface area contributed by atoms with Gasteiger partial charge in [0.2, 0.25) is 0 Å². The molecule has 0 aromatic heterocycles. The number of carbonyl (C=O) groups is 1. The van der Waals surface area contributed by atoms with Gasteiger partial charge in [-0.2, -0.15) is 0 Å². The van der Waals surface area contributed by atoms with Crippen molar-refractivity contribution in [3.63, 3.8) is 0 Å². The number of esters is 1. The van der Waals surface area contributed by atoms with Crippen LogP contribution in [0.3, 0.4) is 0 Å². The van der Waals surface area contributed by atoms with Gasteiger partial charge in [0.15, 0.2) is 8.07 Å². The molecule has 0 bridgehead atoms. The highest BCUT2D eigenvalue weighted by Gasteiger charge is 2.46. The molecule has 0 saturated heterocycles. The number of anilines is 2. The van der Waals surface area contributed by atoms with Crippen molar-refractivity contribution in [1.29, 1.82) is 0 Å². The summed E-state index contributed by atoms with van der Waals surface area (Å²) in [6, 6.07) is 44.9. The van der Waals surface area contributed by atoms with Gasteiger partial charge >= 0.3 is 5.97 Å². The third-order valence-electron chi connectivity index (χ3n) is 7.08. The maximum Gasteiger partial charge on any atom is 0.337 e. The monoisotopic (exact) mass is 483 g/mol. The summed E-state index contributed by atoms with van der Waals surface area (Å²) in [4.78, 5) is 11.9. The van der Waals surface area contributed by atoms with Crippen LogP contribution < -0.4 is 26.1 Å². The number of carbonyl (C=O) groups excluding carboxylic acids is 1. The zero-order valence-corrected chi connectivity index (χ0v) is 20.9. The molecule has 1 N–H and O–H groups in total. The first-order chi connectivity index (χ1) is 17.7. The molecule has 0 fully saturated rings. The lowest BCUT2D eigenvalue weighted by molar-refractivity contribution is 0.0601. The van der Waals surface area contributed by atoms with Crippen LogP contribution in [0.25, 0.3) is 11.1 Å². The van der Waals surface area contributed by atoms with Gasteiger partial charge in [-0.3, -0.25) is 0 Å². The molecule has 0 aliphatic carbocycles. The second-order valence-electron chi connectivity index (χ2n) is 8.98. The largest absolute Gasteiger partial charge is 0.465 e. The molecule has 5 aromatic carbocycles. The Bertz CT molecular complexity index is 1510. The Balaban J connectivity index is 1.63. The summed E-state index contributed by atoms with van der Waals surface area (Å²) in [5.74, 6) is -0.327. The van der Waals surface area contributed by atoms with E-state index in [1.807, 2.05) is 24.3 Å². The number of hydrogen-bond donors (Lipinski definition) is 1.